The van der Waals surface area contributed by atoms with Crippen molar-refractivity contribution in [1.29, 1.82) is 10.8 Å². The van der Waals surface area contributed by atoms with E-state index in [1.54, 1.807) is 24.3 Å². The summed E-state index contributed by atoms with van der Waals surface area (Å²) in [5.41, 5.74) is 11.5. The van der Waals surface area contributed by atoms with Crippen LogP contribution >= 0.6 is 0 Å². The molecule has 0 heterocycles. The van der Waals surface area contributed by atoms with Crippen LogP contribution in [0.4, 0.5) is 0 Å². The Balaban J connectivity index is 2.91. The zero-order chi connectivity index (χ0) is 12.8. The first-order valence-corrected chi connectivity index (χ1v) is 4.62. The highest BCUT2D eigenvalue weighted by molar-refractivity contribution is 5.95. The van der Waals surface area contributed by atoms with Gasteiger partial charge < -0.3 is 11.5 Å². The van der Waals surface area contributed by atoms with Gasteiger partial charge in [0, 0.05) is 5.56 Å². The van der Waals surface area contributed by atoms with Gasteiger partial charge in [-0.25, -0.2) is 0 Å². The predicted molar refractivity (Wildman–Crippen MR) is 65.1 cm³/mol. The van der Waals surface area contributed by atoms with E-state index in [2.05, 4.69) is 5.10 Å². The number of carbonyl (C=O) groups is 1. The Bertz CT molecular complexity index is 467. The zero-order valence-corrected chi connectivity index (χ0v) is 8.92. The number of hydrazone groups is 1. The summed E-state index contributed by atoms with van der Waals surface area (Å²) in [6.07, 6.45) is 2.07. The minimum atomic E-state index is -0.458. The van der Waals surface area contributed by atoms with Gasteiger partial charge in [0.2, 0.25) is 11.9 Å². The Morgan fingerprint density at radius 1 is 1.24 bits per heavy atom. The Labute approximate surface area is 97.7 Å². The van der Waals surface area contributed by atoms with Crippen LogP contribution in [-0.2, 0) is 0 Å². The molecule has 0 spiro atoms. The van der Waals surface area contributed by atoms with Crippen molar-refractivity contribution in [3.63, 3.8) is 0 Å². The maximum atomic E-state index is 10.6. The van der Waals surface area contributed by atoms with Crippen LogP contribution in [0, 0.1) is 10.8 Å². The van der Waals surface area contributed by atoms with Crippen molar-refractivity contribution in [3.05, 3.63) is 35.4 Å². The van der Waals surface area contributed by atoms with Gasteiger partial charge in [-0.3, -0.25) is 15.6 Å². The minimum Gasteiger partial charge on any atom is -0.368 e. The second kappa shape index (κ2) is 5.40. The summed E-state index contributed by atoms with van der Waals surface area (Å²) in [5.74, 6) is -0.916. The van der Waals surface area contributed by atoms with Gasteiger partial charge in [-0.2, -0.15) is 10.1 Å². The molecule has 0 bridgehead atoms. The van der Waals surface area contributed by atoms with E-state index >= 15 is 0 Å². The molecule has 0 aromatic heterocycles. The van der Waals surface area contributed by atoms with E-state index in [-0.39, 0.29) is 0 Å². The van der Waals surface area contributed by atoms with Gasteiger partial charge in [-0.1, -0.05) is 18.2 Å². The molecule has 0 aliphatic heterocycles. The molecule has 0 saturated heterocycles. The van der Waals surface area contributed by atoms with Crippen LogP contribution in [0.3, 0.4) is 0 Å². The molecule has 88 valence electrons. The molecule has 0 saturated carbocycles. The van der Waals surface area contributed by atoms with Crippen LogP contribution in [0.1, 0.15) is 15.9 Å². The van der Waals surface area contributed by atoms with E-state index in [4.69, 9.17) is 22.3 Å². The first kappa shape index (κ1) is 12.4. The average Bonchev–Trinajstić information content (AvgIpc) is 2.28. The van der Waals surface area contributed by atoms with Gasteiger partial charge in [-0.05, 0) is 11.6 Å². The highest BCUT2D eigenvalue weighted by Crippen LogP contribution is 2.01. The summed E-state index contributed by atoms with van der Waals surface area (Å²) in [6, 6.07) is 6.67. The summed E-state index contributed by atoms with van der Waals surface area (Å²) >= 11 is 0. The smallest absolute Gasteiger partial charge is 0.216 e. The Kier molecular flexibility index (Phi) is 3.93. The molecule has 7 nitrogen and oxygen atoms in total. The molecule has 0 fully saturated rings. The number of aldehydes is 1. The van der Waals surface area contributed by atoms with Gasteiger partial charge in [0.05, 0.1) is 6.21 Å². The molecule has 0 aliphatic carbocycles. The number of hydrogen-bond donors (Lipinski definition) is 4. The first-order valence-electron chi connectivity index (χ1n) is 4.62. The monoisotopic (exact) mass is 232 g/mol. The lowest BCUT2D eigenvalue weighted by Crippen LogP contribution is -2.41. The lowest BCUT2D eigenvalue weighted by atomic mass is 10.1. The maximum Gasteiger partial charge on any atom is 0.216 e. The minimum absolute atomic E-state index is 0.458. The number of hydrogen-bond acceptors (Lipinski definition) is 4. The third-order valence-corrected chi connectivity index (χ3v) is 1.83. The molecule has 6 N–H and O–H groups in total. The third-order valence-electron chi connectivity index (χ3n) is 1.83. The van der Waals surface area contributed by atoms with Crippen molar-refractivity contribution in [1.82, 2.24) is 5.01 Å². The quantitative estimate of drug-likeness (QED) is 0.251. The lowest BCUT2D eigenvalue weighted by molar-refractivity contribution is 0.112. The number of nitrogens with one attached hydrogen (secondary N) is 2. The Hall–Kier alpha value is -2.70. The number of rotatable bonds is 3. The summed E-state index contributed by atoms with van der Waals surface area (Å²) in [4.78, 5) is 10.6. The van der Waals surface area contributed by atoms with Gasteiger partial charge in [0.25, 0.3) is 0 Å². The van der Waals surface area contributed by atoms with E-state index in [0.29, 0.717) is 17.4 Å². The second-order valence-electron chi connectivity index (χ2n) is 3.11. The lowest BCUT2D eigenvalue weighted by Gasteiger charge is -2.12. The van der Waals surface area contributed by atoms with Crippen molar-refractivity contribution in [3.8, 4) is 0 Å². The van der Waals surface area contributed by atoms with Gasteiger partial charge in [0.15, 0.2) is 0 Å². The standard InChI is InChI=1S/C10H12N6O/c11-9(12)16(10(13)14)15-5-7-2-1-3-8(4-7)6-17/h1-6H,(H3,11,12)(H3,13,14). The van der Waals surface area contributed by atoms with E-state index in [0.717, 1.165) is 5.01 Å². The van der Waals surface area contributed by atoms with Gasteiger partial charge >= 0.3 is 0 Å². The Morgan fingerprint density at radius 3 is 2.35 bits per heavy atom. The molecule has 1 aromatic carbocycles. The fourth-order valence-corrected chi connectivity index (χ4v) is 1.09. The molecule has 1 aromatic rings. The largest absolute Gasteiger partial charge is 0.368 e. The average molecular weight is 232 g/mol. The molecule has 0 radical (unpaired) electrons. The van der Waals surface area contributed by atoms with Crippen molar-refractivity contribution in [2.75, 3.05) is 0 Å². The SMILES string of the molecule is N=C(N)N(N=Cc1cccc(C=O)c1)C(=N)N. The zero-order valence-electron chi connectivity index (χ0n) is 8.92. The molecular formula is C10H12N6O. The molecule has 0 amide bonds. The molecule has 1 rings (SSSR count). The number of nitrogens with two attached hydrogens (primary N) is 2. The highest BCUT2D eigenvalue weighted by atomic mass is 16.1. The number of guanidine groups is 2. The highest BCUT2D eigenvalue weighted by Gasteiger charge is 2.06. The van der Waals surface area contributed by atoms with E-state index < -0.39 is 11.9 Å². The fraction of sp³-hybridized carbons (Fsp3) is 0. The summed E-state index contributed by atoms with van der Waals surface area (Å²) in [7, 11) is 0. The number of benzene rings is 1. The second-order valence-corrected chi connectivity index (χ2v) is 3.11. The molecule has 17 heavy (non-hydrogen) atoms. The topological polar surface area (TPSA) is 132 Å². The molecule has 0 aliphatic rings. The summed E-state index contributed by atoms with van der Waals surface area (Å²) in [6.45, 7) is 0. The maximum absolute atomic E-state index is 10.6. The van der Waals surface area contributed by atoms with Crippen molar-refractivity contribution >= 4 is 24.4 Å². The van der Waals surface area contributed by atoms with Crippen LogP contribution in [0.2, 0.25) is 0 Å². The number of carbonyl (C=O) groups excluding carboxylic acids is 1. The van der Waals surface area contributed by atoms with Crippen LogP contribution in [0.5, 0.6) is 0 Å². The third kappa shape index (κ3) is 3.42. The van der Waals surface area contributed by atoms with E-state index in [9.17, 15) is 4.79 Å². The summed E-state index contributed by atoms with van der Waals surface area (Å²) in [5, 5.41) is 18.8. The summed E-state index contributed by atoms with van der Waals surface area (Å²) < 4.78 is 0. The van der Waals surface area contributed by atoms with Crippen LogP contribution in [0.15, 0.2) is 29.4 Å². The fourth-order valence-electron chi connectivity index (χ4n) is 1.09. The number of nitrogens with zero attached hydrogens (tertiary/aromatic N) is 2. The van der Waals surface area contributed by atoms with Gasteiger partial charge in [-0.15, -0.1) is 0 Å². The molecule has 0 unspecified atom stereocenters. The van der Waals surface area contributed by atoms with Crippen molar-refractivity contribution in [2.45, 2.75) is 0 Å². The van der Waals surface area contributed by atoms with Gasteiger partial charge in [0.1, 0.15) is 6.29 Å². The molecule has 7 heteroatoms. The molecule has 0 atom stereocenters. The Morgan fingerprint density at radius 2 is 1.82 bits per heavy atom. The van der Waals surface area contributed by atoms with Crippen molar-refractivity contribution in [2.24, 2.45) is 16.6 Å². The van der Waals surface area contributed by atoms with Crippen molar-refractivity contribution < 1.29 is 4.79 Å². The van der Waals surface area contributed by atoms with E-state index in [1.807, 2.05) is 0 Å². The normalized spacial score (nSPS) is 10.1. The van der Waals surface area contributed by atoms with Crippen LogP contribution in [0.25, 0.3) is 0 Å². The predicted octanol–water partition coefficient (Wildman–Crippen LogP) is -0.0781. The van der Waals surface area contributed by atoms with Crippen LogP contribution < -0.4 is 11.5 Å². The van der Waals surface area contributed by atoms with Crippen LogP contribution in [-0.4, -0.2) is 29.4 Å². The van der Waals surface area contributed by atoms with E-state index in [1.165, 1.54) is 6.21 Å². The first-order chi connectivity index (χ1) is 8.04. The molecular weight excluding hydrogens is 220 g/mol.